The van der Waals surface area contributed by atoms with Crippen molar-refractivity contribution in [3.63, 3.8) is 0 Å². The molecule has 0 atom stereocenters. The summed E-state index contributed by atoms with van der Waals surface area (Å²) >= 11 is 1.43. The molecule has 164 valence electrons. The Morgan fingerprint density at radius 1 is 1.16 bits per heavy atom. The first-order chi connectivity index (χ1) is 15.7. The highest BCUT2D eigenvalue weighted by Crippen LogP contribution is 2.40. The van der Waals surface area contributed by atoms with Crippen molar-refractivity contribution in [1.82, 2.24) is 19.3 Å². The van der Waals surface area contributed by atoms with Gasteiger partial charge in [-0.15, -0.1) is 0 Å². The number of ether oxygens (including phenoxy) is 1. The van der Waals surface area contributed by atoms with Crippen molar-refractivity contribution in [3.8, 4) is 5.69 Å². The van der Waals surface area contributed by atoms with Gasteiger partial charge in [0.2, 0.25) is 5.91 Å². The van der Waals surface area contributed by atoms with E-state index in [0.717, 1.165) is 40.4 Å². The molecule has 0 saturated heterocycles. The van der Waals surface area contributed by atoms with Crippen molar-refractivity contribution in [2.75, 3.05) is 24.8 Å². The van der Waals surface area contributed by atoms with Gasteiger partial charge in [-0.2, -0.15) is 5.10 Å². The van der Waals surface area contributed by atoms with Crippen molar-refractivity contribution >= 4 is 34.5 Å². The van der Waals surface area contributed by atoms with Crippen molar-refractivity contribution in [3.05, 3.63) is 66.4 Å². The van der Waals surface area contributed by atoms with Gasteiger partial charge in [-0.25, -0.2) is 9.67 Å². The molecule has 1 saturated carbocycles. The fourth-order valence-corrected chi connectivity index (χ4v) is 4.55. The Labute approximate surface area is 190 Å². The molecule has 32 heavy (non-hydrogen) atoms. The molecule has 4 aromatic rings. The van der Waals surface area contributed by atoms with Gasteiger partial charge in [0.1, 0.15) is 5.82 Å². The summed E-state index contributed by atoms with van der Waals surface area (Å²) in [6.45, 7) is 1.27. The van der Waals surface area contributed by atoms with E-state index in [1.807, 2.05) is 65.3 Å². The number of carbonyl (C=O) groups is 1. The zero-order valence-corrected chi connectivity index (χ0v) is 18.7. The second-order valence-electron chi connectivity index (χ2n) is 7.84. The summed E-state index contributed by atoms with van der Waals surface area (Å²) in [4.78, 5) is 17.6. The minimum absolute atomic E-state index is 0.0835. The summed E-state index contributed by atoms with van der Waals surface area (Å²) in [6, 6.07) is 19.9. The summed E-state index contributed by atoms with van der Waals surface area (Å²) in [5, 5.41) is 8.63. The number of thioether (sulfide) groups is 1. The maximum atomic E-state index is 12.9. The van der Waals surface area contributed by atoms with Gasteiger partial charge in [-0.05, 0) is 37.1 Å². The summed E-state index contributed by atoms with van der Waals surface area (Å²) in [5.74, 6) is 1.39. The van der Waals surface area contributed by atoms with Crippen LogP contribution in [0.2, 0.25) is 0 Å². The lowest BCUT2D eigenvalue weighted by Crippen LogP contribution is -2.17. The molecule has 1 fully saturated rings. The van der Waals surface area contributed by atoms with Gasteiger partial charge in [0.05, 0.1) is 34.8 Å². The molecule has 5 rings (SSSR count). The monoisotopic (exact) mass is 447 g/mol. The number of aromatic nitrogens is 4. The van der Waals surface area contributed by atoms with Gasteiger partial charge in [0.25, 0.3) is 0 Å². The first-order valence-corrected chi connectivity index (χ1v) is 11.7. The van der Waals surface area contributed by atoms with Crippen LogP contribution >= 0.6 is 11.8 Å². The van der Waals surface area contributed by atoms with Crippen LogP contribution in [-0.2, 0) is 16.1 Å². The fourth-order valence-electron chi connectivity index (χ4n) is 3.70. The van der Waals surface area contributed by atoms with E-state index in [4.69, 9.17) is 14.8 Å². The molecule has 8 heteroatoms. The largest absolute Gasteiger partial charge is 0.383 e. The van der Waals surface area contributed by atoms with E-state index in [1.54, 1.807) is 7.11 Å². The topological polar surface area (TPSA) is 74.0 Å². The molecular weight excluding hydrogens is 422 g/mol. The third-order valence-corrected chi connectivity index (χ3v) is 6.44. The lowest BCUT2D eigenvalue weighted by Gasteiger charge is -2.10. The molecule has 2 aromatic heterocycles. The second kappa shape index (κ2) is 9.18. The molecule has 0 radical (unpaired) electrons. The minimum atomic E-state index is -0.0835. The van der Waals surface area contributed by atoms with E-state index >= 15 is 0 Å². The number of nitrogens with zero attached hydrogens (tertiary/aromatic N) is 4. The molecule has 2 aromatic carbocycles. The van der Waals surface area contributed by atoms with E-state index < -0.39 is 0 Å². The standard InChI is InChI=1S/C24H25N5O2S/c1-31-14-13-28-21-10-6-5-9-19(21)25-24(28)32-16-23(30)26-22-15-20(17-11-12-17)27-29(22)18-7-3-2-4-8-18/h2-10,15,17H,11-14,16H2,1H3,(H,26,30). The molecule has 0 aliphatic heterocycles. The lowest BCUT2D eigenvalue weighted by atomic mass is 10.3. The summed E-state index contributed by atoms with van der Waals surface area (Å²) in [5.41, 5.74) is 3.94. The molecular formula is C24H25N5O2S. The van der Waals surface area contributed by atoms with E-state index in [1.165, 1.54) is 11.8 Å². The third-order valence-electron chi connectivity index (χ3n) is 5.46. The van der Waals surface area contributed by atoms with Gasteiger partial charge >= 0.3 is 0 Å². The van der Waals surface area contributed by atoms with E-state index in [2.05, 4.69) is 9.88 Å². The SMILES string of the molecule is COCCn1c(SCC(=O)Nc2cc(C3CC3)nn2-c2ccccc2)nc2ccccc21. The fraction of sp³-hybridized carbons (Fsp3) is 0.292. The normalized spacial score (nSPS) is 13.5. The molecule has 0 bridgehead atoms. The molecule has 2 heterocycles. The number of rotatable bonds is 9. The average molecular weight is 448 g/mol. The van der Waals surface area contributed by atoms with E-state index in [0.29, 0.717) is 24.9 Å². The number of hydrogen-bond donors (Lipinski definition) is 1. The van der Waals surface area contributed by atoms with Crippen molar-refractivity contribution < 1.29 is 9.53 Å². The van der Waals surface area contributed by atoms with Crippen LogP contribution in [0.1, 0.15) is 24.5 Å². The van der Waals surface area contributed by atoms with Crippen LogP contribution < -0.4 is 5.32 Å². The van der Waals surface area contributed by atoms with Crippen molar-refractivity contribution in [2.24, 2.45) is 0 Å². The Morgan fingerprint density at radius 2 is 1.94 bits per heavy atom. The lowest BCUT2D eigenvalue weighted by molar-refractivity contribution is -0.113. The van der Waals surface area contributed by atoms with E-state index in [-0.39, 0.29) is 11.7 Å². The summed E-state index contributed by atoms with van der Waals surface area (Å²) in [7, 11) is 1.69. The predicted molar refractivity (Wildman–Crippen MR) is 127 cm³/mol. The smallest absolute Gasteiger partial charge is 0.236 e. The second-order valence-corrected chi connectivity index (χ2v) is 8.78. The number of benzene rings is 2. The Bertz CT molecular complexity index is 1230. The van der Waals surface area contributed by atoms with Gasteiger partial charge in [0, 0.05) is 25.6 Å². The van der Waals surface area contributed by atoms with Crippen LogP contribution in [0.3, 0.4) is 0 Å². The number of imidazole rings is 1. The number of para-hydroxylation sites is 3. The molecule has 1 aliphatic rings. The Balaban J connectivity index is 1.33. The Kier molecular flexibility index (Phi) is 5.96. The quantitative estimate of drug-likeness (QED) is 0.383. The molecule has 7 nitrogen and oxygen atoms in total. The zero-order chi connectivity index (χ0) is 21.9. The third kappa shape index (κ3) is 4.42. The highest BCUT2D eigenvalue weighted by molar-refractivity contribution is 7.99. The maximum absolute atomic E-state index is 12.9. The highest BCUT2D eigenvalue weighted by Gasteiger charge is 2.28. The minimum Gasteiger partial charge on any atom is -0.383 e. The van der Waals surface area contributed by atoms with E-state index in [9.17, 15) is 4.79 Å². The molecule has 0 unspecified atom stereocenters. The molecule has 0 spiro atoms. The van der Waals surface area contributed by atoms with Crippen molar-refractivity contribution in [2.45, 2.75) is 30.5 Å². The van der Waals surface area contributed by atoms with Crippen molar-refractivity contribution in [1.29, 1.82) is 0 Å². The van der Waals surface area contributed by atoms with Gasteiger partial charge in [-0.1, -0.05) is 42.1 Å². The van der Waals surface area contributed by atoms with Gasteiger partial charge in [-0.3, -0.25) is 4.79 Å². The maximum Gasteiger partial charge on any atom is 0.236 e. The Morgan fingerprint density at radius 3 is 2.72 bits per heavy atom. The number of amides is 1. The van der Waals surface area contributed by atoms with Crippen LogP contribution in [-0.4, -0.2) is 44.7 Å². The highest BCUT2D eigenvalue weighted by atomic mass is 32.2. The number of anilines is 1. The zero-order valence-electron chi connectivity index (χ0n) is 17.9. The summed E-state index contributed by atoms with van der Waals surface area (Å²) < 4.78 is 9.19. The molecule has 1 aliphatic carbocycles. The molecule has 1 N–H and O–H groups in total. The Hall–Kier alpha value is -3.10. The van der Waals surface area contributed by atoms with Crippen LogP contribution in [0.5, 0.6) is 0 Å². The average Bonchev–Trinajstić information content (AvgIpc) is 3.49. The first-order valence-electron chi connectivity index (χ1n) is 10.7. The van der Waals surface area contributed by atoms with Gasteiger partial charge in [0.15, 0.2) is 5.16 Å². The van der Waals surface area contributed by atoms with Crippen LogP contribution in [0.15, 0.2) is 65.8 Å². The van der Waals surface area contributed by atoms with Crippen LogP contribution in [0, 0.1) is 0 Å². The number of carbonyl (C=O) groups excluding carboxylic acids is 1. The molecule has 1 amide bonds. The number of fused-ring (bicyclic) bond motifs is 1. The van der Waals surface area contributed by atoms with Crippen LogP contribution in [0.25, 0.3) is 16.7 Å². The van der Waals surface area contributed by atoms with Crippen LogP contribution in [0.4, 0.5) is 5.82 Å². The number of methoxy groups -OCH3 is 1. The van der Waals surface area contributed by atoms with Gasteiger partial charge < -0.3 is 14.6 Å². The predicted octanol–water partition coefficient (Wildman–Crippen LogP) is 4.48. The first kappa shape index (κ1) is 20.8. The number of nitrogens with one attached hydrogen (secondary N) is 1. The summed E-state index contributed by atoms with van der Waals surface area (Å²) in [6.07, 6.45) is 2.32. The number of hydrogen-bond acceptors (Lipinski definition) is 5.